The van der Waals surface area contributed by atoms with Crippen LogP contribution in [0.1, 0.15) is 12.3 Å². The summed E-state index contributed by atoms with van der Waals surface area (Å²) in [5.74, 6) is 3.08. The molecule has 3 aromatic carbocycles. The highest BCUT2D eigenvalue weighted by Crippen LogP contribution is 2.29. The lowest BCUT2D eigenvalue weighted by molar-refractivity contribution is -0.116. The topological polar surface area (TPSA) is 73.6 Å². The van der Waals surface area contributed by atoms with Gasteiger partial charge in [-0.1, -0.05) is 30.3 Å². The minimum absolute atomic E-state index is 0.145. The third-order valence-electron chi connectivity index (χ3n) is 4.63. The van der Waals surface area contributed by atoms with Crippen LogP contribution in [0.3, 0.4) is 0 Å². The largest absolute Gasteiger partial charge is 0.497 e. The Morgan fingerprint density at radius 3 is 2.45 bits per heavy atom. The molecule has 6 heteroatoms. The molecule has 0 aliphatic heterocycles. The number of carbonyl (C=O) groups is 1. The monoisotopic (exact) mass is 414 g/mol. The molecule has 0 saturated carbocycles. The first kappa shape index (κ1) is 20.2. The first-order valence-corrected chi connectivity index (χ1v) is 9.92. The van der Waals surface area contributed by atoms with Gasteiger partial charge >= 0.3 is 0 Å². The highest BCUT2D eigenvalue weighted by atomic mass is 16.5. The maximum atomic E-state index is 12.5. The van der Waals surface area contributed by atoms with Crippen molar-refractivity contribution in [2.45, 2.75) is 12.8 Å². The van der Waals surface area contributed by atoms with Gasteiger partial charge in [-0.15, -0.1) is 0 Å². The van der Waals surface area contributed by atoms with Crippen molar-refractivity contribution in [1.29, 1.82) is 0 Å². The van der Waals surface area contributed by atoms with Crippen LogP contribution in [0.4, 0.5) is 5.69 Å². The van der Waals surface area contributed by atoms with E-state index in [0.717, 1.165) is 11.3 Å². The van der Waals surface area contributed by atoms with Gasteiger partial charge in [-0.05, 0) is 48.5 Å². The van der Waals surface area contributed by atoms with Crippen LogP contribution in [0.25, 0.3) is 11.3 Å². The van der Waals surface area contributed by atoms with Crippen LogP contribution in [-0.4, -0.2) is 18.0 Å². The molecular weight excluding hydrogens is 392 g/mol. The number of ether oxygens (including phenoxy) is 2. The second kappa shape index (κ2) is 9.63. The van der Waals surface area contributed by atoms with Crippen molar-refractivity contribution >= 4 is 11.6 Å². The van der Waals surface area contributed by atoms with E-state index in [4.69, 9.17) is 13.9 Å². The number of amides is 1. The van der Waals surface area contributed by atoms with Crippen molar-refractivity contribution in [3.63, 3.8) is 0 Å². The molecule has 4 aromatic rings. The Hall–Kier alpha value is -4.06. The summed E-state index contributed by atoms with van der Waals surface area (Å²) >= 11 is 0. The number of para-hydroxylation sites is 3. The van der Waals surface area contributed by atoms with Gasteiger partial charge < -0.3 is 19.2 Å². The first-order valence-electron chi connectivity index (χ1n) is 9.92. The van der Waals surface area contributed by atoms with E-state index in [1.54, 1.807) is 13.3 Å². The van der Waals surface area contributed by atoms with Crippen LogP contribution in [0.2, 0.25) is 0 Å². The Morgan fingerprint density at radius 1 is 0.935 bits per heavy atom. The average molecular weight is 414 g/mol. The molecule has 0 aliphatic carbocycles. The number of aryl methyl sites for hydroxylation is 1. The molecule has 1 amide bonds. The number of anilines is 1. The highest BCUT2D eigenvalue weighted by molar-refractivity contribution is 5.92. The van der Waals surface area contributed by atoms with Crippen LogP contribution in [0.5, 0.6) is 17.2 Å². The molecule has 0 fully saturated rings. The summed E-state index contributed by atoms with van der Waals surface area (Å²) in [6.07, 6.45) is 2.30. The van der Waals surface area contributed by atoms with Crippen LogP contribution in [-0.2, 0) is 11.2 Å². The van der Waals surface area contributed by atoms with Gasteiger partial charge in [-0.25, -0.2) is 4.98 Å². The Labute approximate surface area is 180 Å². The van der Waals surface area contributed by atoms with Crippen molar-refractivity contribution in [3.8, 4) is 28.6 Å². The van der Waals surface area contributed by atoms with E-state index in [1.165, 1.54) is 0 Å². The molecule has 0 unspecified atom stereocenters. The van der Waals surface area contributed by atoms with E-state index >= 15 is 0 Å². The summed E-state index contributed by atoms with van der Waals surface area (Å²) in [7, 11) is 1.62. The molecular formula is C25H22N2O4. The number of benzene rings is 3. The van der Waals surface area contributed by atoms with Crippen molar-refractivity contribution in [3.05, 3.63) is 91.0 Å². The van der Waals surface area contributed by atoms with Crippen LogP contribution in [0.15, 0.2) is 89.5 Å². The fourth-order valence-corrected chi connectivity index (χ4v) is 3.02. The third-order valence-corrected chi connectivity index (χ3v) is 4.63. The number of rotatable bonds is 8. The van der Waals surface area contributed by atoms with E-state index in [1.807, 2.05) is 78.9 Å². The smallest absolute Gasteiger partial charge is 0.224 e. The fourth-order valence-electron chi connectivity index (χ4n) is 3.02. The van der Waals surface area contributed by atoms with Gasteiger partial charge in [0.2, 0.25) is 5.91 Å². The zero-order valence-corrected chi connectivity index (χ0v) is 17.1. The Morgan fingerprint density at radius 2 is 1.68 bits per heavy atom. The van der Waals surface area contributed by atoms with Crippen molar-refractivity contribution < 1.29 is 18.7 Å². The number of hydrogen-bond acceptors (Lipinski definition) is 5. The molecule has 156 valence electrons. The van der Waals surface area contributed by atoms with E-state index in [0.29, 0.717) is 35.3 Å². The molecule has 1 N–H and O–H groups in total. The normalized spacial score (nSPS) is 10.5. The maximum absolute atomic E-state index is 12.5. The van der Waals surface area contributed by atoms with E-state index in [2.05, 4.69) is 10.3 Å². The lowest BCUT2D eigenvalue weighted by Gasteiger charge is -2.12. The number of nitrogens with one attached hydrogen (secondary N) is 1. The summed E-state index contributed by atoms with van der Waals surface area (Å²) in [6.45, 7) is 0. The third kappa shape index (κ3) is 5.30. The zero-order chi connectivity index (χ0) is 21.5. The summed E-state index contributed by atoms with van der Waals surface area (Å²) in [6, 6.07) is 24.3. The van der Waals surface area contributed by atoms with E-state index in [9.17, 15) is 4.79 Å². The van der Waals surface area contributed by atoms with Crippen molar-refractivity contribution in [2.24, 2.45) is 0 Å². The molecule has 4 rings (SSSR count). The quantitative estimate of drug-likeness (QED) is 0.399. The minimum Gasteiger partial charge on any atom is -0.497 e. The summed E-state index contributed by atoms with van der Waals surface area (Å²) in [5.41, 5.74) is 1.51. The SMILES string of the molecule is COc1ccc(-c2cnc(CCC(=O)Nc3ccccc3Oc3ccccc3)o2)cc1. The Bertz CT molecular complexity index is 1140. The standard InChI is InChI=1S/C25H22N2O4/c1-29-19-13-11-18(12-14-19)23-17-26-25(31-23)16-15-24(28)27-21-9-5-6-10-22(21)30-20-7-3-2-4-8-20/h2-14,17H,15-16H2,1H3,(H,27,28). The van der Waals surface area contributed by atoms with Crippen LogP contribution < -0.4 is 14.8 Å². The van der Waals surface area contributed by atoms with Gasteiger partial charge in [0.25, 0.3) is 0 Å². The number of carbonyl (C=O) groups excluding carboxylic acids is 1. The Balaban J connectivity index is 1.35. The number of nitrogens with zero attached hydrogens (tertiary/aromatic N) is 1. The zero-order valence-electron chi connectivity index (χ0n) is 17.1. The minimum atomic E-state index is -0.145. The average Bonchev–Trinajstić information content (AvgIpc) is 3.29. The molecule has 0 radical (unpaired) electrons. The van der Waals surface area contributed by atoms with Crippen LogP contribution in [0, 0.1) is 0 Å². The van der Waals surface area contributed by atoms with E-state index < -0.39 is 0 Å². The van der Waals surface area contributed by atoms with Gasteiger partial charge in [0.1, 0.15) is 11.5 Å². The number of hydrogen-bond donors (Lipinski definition) is 1. The number of methoxy groups -OCH3 is 1. The van der Waals surface area contributed by atoms with Crippen molar-refractivity contribution in [2.75, 3.05) is 12.4 Å². The molecule has 0 bridgehead atoms. The number of aromatic nitrogens is 1. The molecule has 1 heterocycles. The van der Waals surface area contributed by atoms with Crippen LogP contribution >= 0.6 is 0 Å². The van der Waals surface area contributed by atoms with Gasteiger partial charge in [-0.2, -0.15) is 0 Å². The molecule has 31 heavy (non-hydrogen) atoms. The molecule has 0 spiro atoms. The fraction of sp³-hybridized carbons (Fsp3) is 0.120. The predicted octanol–water partition coefficient (Wildman–Crippen LogP) is 5.71. The molecule has 1 aromatic heterocycles. The second-order valence-corrected chi connectivity index (χ2v) is 6.81. The van der Waals surface area contributed by atoms with Gasteiger partial charge in [0.15, 0.2) is 17.4 Å². The molecule has 0 aliphatic rings. The molecule has 0 saturated heterocycles. The Kier molecular flexibility index (Phi) is 6.28. The molecule has 6 nitrogen and oxygen atoms in total. The summed E-state index contributed by atoms with van der Waals surface area (Å²) in [5, 5.41) is 2.90. The molecule has 0 atom stereocenters. The van der Waals surface area contributed by atoms with Crippen molar-refractivity contribution in [1.82, 2.24) is 4.98 Å². The summed E-state index contributed by atoms with van der Waals surface area (Å²) in [4.78, 5) is 16.8. The van der Waals surface area contributed by atoms with E-state index in [-0.39, 0.29) is 12.3 Å². The first-order chi connectivity index (χ1) is 15.2. The highest BCUT2D eigenvalue weighted by Gasteiger charge is 2.12. The van der Waals surface area contributed by atoms with Gasteiger partial charge in [-0.3, -0.25) is 4.79 Å². The predicted molar refractivity (Wildman–Crippen MR) is 118 cm³/mol. The maximum Gasteiger partial charge on any atom is 0.224 e. The lowest BCUT2D eigenvalue weighted by atomic mass is 10.2. The number of oxazole rings is 1. The lowest BCUT2D eigenvalue weighted by Crippen LogP contribution is -2.13. The second-order valence-electron chi connectivity index (χ2n) is 6.81. The van der Waals surface area contributed by atoms with Gasteiger partial charge in [0, 0.05) is 18.4 Å². The summed E-state index contributed by atoms with van der Waals surface area (Å²) < 4.78 is 16.8. The van der Waals surface area contributed by atoms with Gasteiger partial charge in [0.05, 0.1) is 19.0 Å².